The largest absolute Gasteiger partial charge is 0.333 e. The molecular weight excluding hydrogens is 446 g/mol. The van der Waals surface area contributed by atoms with E-state index >= 15 is 0 Å². The molecule has 0 radical (unpaired) electrons. The molecule has 1 N–H and O–H groups in total. The van der Waals surface area contributed by atoms with Gasteiger partial charge in [0.15, 0.2) is 0 Å². The number of amides is 3. The SMILES string of the molecule is Cc1cc(/C=C2\NC(=O)N(c3ccc(Cl)cc3)C2=O)c(C)n1-c1ccc(-c2ccccc2)cc1. The van der Waals surface area contributed by atoms with E-state index < -0.39 is 11.9 Å². The molecule has 0 unspecified atom stereocenters. The maximum absolute atomic E-state index is 13.0. The minimum Gasteiger partial charge on any atom is -0.318 e. The first-order valence-corrected chi connectivity index (χ1v) is 11.3. The van der Waals surface area contributed by atoms with Crippen molar-refractivity contribution in [1.82, 2.24) is 9.88 Å². The predicted molar refractivity (Wildman–Crippen MR) is 136 cm³/mol. The molecule has 5 nitrogen and oxygen atoms in total. The minimum absolute atomic E-state index is 0.236. The normalized spacial score (nSPS) is 14.7. The Morgan fingerprint density at radius 3 is 2.09 bits per heavy atom. The molecule has 6 heteroatoms. The molecule has 0 saturated carbocycles. The van der Waals surface area contributed by atoms with Gasteiger partial charge in [0.25, 0.3) is 5.91 Å². The Morgan fingerprint density at radius 2 is 1.41 bits per heavy atom. The number of urea groups is 1. The number of carbonyl (C=O) groups excluding carboxylic acids is 2. The highest BCUT2D eigenvalue weighted by Gasteiger charge is 2.35. The van der Waals surface area contributed by atoms with Gasteiger partial charge in [-0.25, -0.2) is 9.69 Å². The third-order valence-electron chi connectivity index (χ3n) is 5.97. The third kappa shape index (κ3) is 3.91. The number of halogens is 1. The Hall–Kier alpha value is -4.09. The number of nitrogens with one attached hydrogen (secondary N) is 1. The highest BCUT2D eigenvalue weighted by molar-refractivity contribution is 6.31. The zero-order valence-corrected chi connectivity index (χ0v) is 19.5. The Balaban J connectivity index is 1.45. The van der Waals surface area contributed by atoms with E-state index in [0.29, 0.717) is 10.7 Å². The van der Waals surface area contributed by atoms with Crippen molar-refractivity contribution in [2.75, 3.05) is 4.90 Å². The van der Waals surface area contributed by atoms with Crippen molar-refractivity contribution >= 4 is 35.3 Å². The van der Waals surface area contributed by atoms with Crippen molar-refractivity contribution in [2.24, 2.45) is 0 Å². The number of carbonyl (C=O) groups is 2. The highest BCUT2D eigenvalue weighted by Crippen LogP contribution is 2.28. The van der Waals surface area contributed by atoms with Crippen LogP contribution in [-0.4, -0.2) is 16.5 Å². The van der Waals surface area contributed by atoms with Gasteiger partial charge in [0.05, 0.1) is 5.69 Å². The van der Waals surface area contributed by atoms with Crippen LogP contribution in [0.5, 0.6) is 0 Å². The summed E-state index contributed by atoms with van der Waals surface area (Å²) in [4.78, 5) is 26.6. The number of hydrogen-bond acceptors (Lipinski definition) is 2. The smallest absolute Gasteiger partial charge is 0.318 e. The highest BCUT2D eigenvalue weighted by atomic mass is 35.5. The molecule has 3 aromatic carbocycles. The molecule has 0 spiro atoms. The molecule has 1 aromatic heterocycles. The molecule has 2 heterocycles. The number of anilines is 1. The fourth-order valence-electron chi connectivity index (χ4n) is 4.28. The number of aryl methyl sites for hydroxylation is 1. The van der Waals surface area contributed by atoms with Crippen LogP contribution in [0.4, 0.5) is 10.5 Å². The Labute approximate surface area is 202 Å². The molecule has 4 aromatic rings. The predicted octanol–water partition coefficient (Wildman–Crippen LogP) is 6.51. The fourth-order valence-corrected chi connectivity index (χ4v) is 4.41. The van der Waals surface area contributed by atoms with Crippen LogP contribution in [0.1, 0.15) is 17.0 Å². The topological polar surface area (TPSA) is 54.3 Å². The van der Waals surface area contributed by atoms with Crippen LogP contribution in [0.3, 0.4) is 0 Å². The molecule has 0 atom stereocenters. The Morgan fingerprint density at radius 1 is 0.794 bits per heavy atom. The molecule has 34 heavy (non-hydrogen) atoms. The van der Waals surface area contributed by atoms with Gasteiger partial charge in [0, 0.05) is 22.1 Å². The number of benzene rings is 3. The molecule has 3 amide bonds. The lowest BCUT2D eigenvalue weighted by molar-refractivity contribution is -0.113. The van der Waals surface area contributed by atoms with E-state index in [9.17, 15) is 9.59 Å². The third-order valence-corrected chi connectivity index (χ3v) is 6.22. The van der Waals surface area contributed by atoms with Gasteiger partial charge in [0.2, 0.25) is 0 Å². The summed E-state index contributed by atoms with van der Waals surface area (Å²) >= 11 is 5.93. The zero-order valence-electron chi connectivity index (χ0n) is 18.7. The Kier molecular flexibility index (Phi) is 5.56. The van der Waals surface area contributed by atoms with Crippen molar-refractivity contribution in [3.8, 4) is 16.8 Å². The average Bonchev–Trinajstić information content (AvgIpc) is 3.28. The second kappa shape index (κ2) is 8.69. The molecule has 0 bridgehead atoms. The quantitative estimate of drug-likeness (QED) is 0.274. The van der Waals surface area contributed by atoms with Gasteiger partial charge in [-0.2, -0.15) is 0 Å². The monoisotopic (exact) mass is 467 g/mol. The average molecular weight is 468 g/mol. The van der Waals surface area contributed by atoms with E-state index in [0.717, 1.165) is 33.1 Å². The first kappa shape index (κ1) is 21.7. The first-order valence-electron chi connectivity index (χ1n) is 10.9. The summed E-state index contributed by atoms with van der Waals surface area (Å²) in [5, 5.41) is 3.23. The number of hydrogen-bond donors (Lipinski definition) is 1. The number of rotatable bonds is 4. The van der Waals surface area contributed by atoms with Crippen LogP contribution in [0.15, 0.2) is 90.6 Å². The lowest BCUT2D eigenvalue weighted by Gasteiger charge is -2.11. The lowest BCUT2D eigenvalue weighted by Crippen LogP contribution is -2.30. The molecule has 1 aliphatic heterocycles. The van der Waals surface area contributed by atoms with E-state index in [2.05, 4.69) is 46.3 Å². The van der Waals surface area contributed by atoms with Gasteiger partial charge in [-0.15, -0.1) is 0 Å². The van der Waals surface area contributed by atoms with Crippen LogP contribution in [0.25, 0.3) is 22.9 Å². The number of imide groups is 1. The lowest BCUT2D eigenvalue weighted by atomic mass is 10.1. The summed E-state index contributed by atoms with van der Waals surface area (Å²) in [7, 11) is 0. The van der Waals surface area contributed by atoms with Crippen molar-refractivity contribution in [2.45, 2.75) is 13.8 Å². The summed E-state index contributed by atoms with van der Waals surface area (Å²) in [6.07, 6.45) is 1.73. The van der Waals surface area contributed by atoms with E-state index in [1.54, 1.807) is 30.3 Å². The van der Waals surface area contributed by atoms with Gasteiger partial charge in [-0.3, -0.25) is 4.79 Å². The van der Waals surface area contributed by atoms with Crippen molar-refractivity contribution in [3.63, 3.8) is 0 Å². The van der Waals surface area contributed by atoms with Crippen LogP contribution in [0.2, 0.25) is 5.02 Å². The number of aromatic nitrogens is 1. The maximum atomic E-state index is 13.0. The Bertz CT molecular complexity index is 1420. The minimum atomic E-state index is -0.483. The molecule has 0 aliphatic carbocycles. The van der Waals surface area contributed by atoms with E-state index in [1.165, 1.54) is 5.56 Å². The second-order valence-corrected chi connectivity index (χ2v) is 8.62. The number of nitrogens with zero attached hydrogens (tertiary/aromatic N) is 2. The second-order valence-electron chi connectivity index (χ2n) is 8.18. The van der Waals surface area contributed by atoms with Crippen molar-refractivity contribution < 1.29 is 9.59 Å². The van der Waals surface area contributed by atoms with Crippen molar-refractivity contribution in [1.29, 1.82) is 0 Å². The van der Waals surface area contributed by atoms with Crippen LogP contribution in [-0.2, 0) is 4.79 Å². The van der Waals surface area contributed by atoms with Crippen LogP contribution in [0, 0.1) is 13.8 Å². The van der Waals surface area contributed by atoms with Gasteiger partial charge in [-0.1, -0.05) is 54.1 Å². The summed E-state index contributed by atoms with van der Waals surface area (Å²) < 4.78 is 2.14. The molecule has 168 valence electrons. The summed E-state index contributed by atoms with van der Waals surface area (Å²) in [6, 6.07) is 26.7. The fraction of sp³-hybridized carbons (Fsp3) is 0.0714. The first-order chi connectivity index (χ1) is 16.4. The molecular formula is C28H22ClN3O2. The van der Waals surface area contributed by atoms with Gasteiger partial charge in [0.1, 0.15) is 5.70 Å². The van der Waals surface area contributed by atoms with Gasteiger partial charge < -0.3 is 9.88 Å². The summed E-state index contributed by atoms with van der Waals surface area (Å²) in [5.41, 5.74) is 6.93. The van der Waals surface area contributed by atoms with Gasteiger partial charge >= 0.3 is 6.03 Å². The van der Waals surface area contributed by atoms with E-state index in [-0.39, 0.29) is 5.70 Å². The molecule has 1 aliphatic rings. The zero-order chi connectivity index (χ0) is 23.8. The van der Waals surface area contributed by atoms with Crippen molar-refractivity contribution in [3.05, 3.63) is 113 Å². The summed E-state index contributed by atoms with van der Waals surface area (Å²) in [5.74, 6) is -0.399. The maximum Gasteiger partial charge on any atom is 0.333 e. The van der Waals surface area contributed by atoms with Gasteiger partial charge in [-0.05, 0) is 79.1 Å². The van der Waals surface area contributed by atoms with Crippen LogP contribution < -0.4 is 10.2 Å². The molecule has 1 fully saturated rings. The standard InChI is InChI=1S/C28H22ClN3O2/c1-18-16-22(17-26-27(33)32(28(34)30-26)25-14-10-23(29)11-15-25)19(2)31(18)24-12-8-21(9-13-24)20-6-4-3-5-7-20/h3-17H,1-2H3,(H,30,34)/b26-17-. The summed E-state index contributed by atoms with van der Waals surface area (Å²) in [6.45, 7) is 4.03. The van der Waals surface area contributed by atoms with E-state index in [1.807, 2.05) is 38.1 Å². The van der Waals surface area contributed by atoms with Crippen LogP contribution >= 0.6 is 11.6 Å². The van der Waals surface area contributed by atoms with E-state index in [4.69, 9.17) is 11.6 Å². The molecule has 1 saturated heterocycles. The molecule has 5 rings (SSSR count).